The Morgan fingerprint density at radius 2 is 1.61 bits per heavy atom. The van der Waals surface area contributed by atoms with E-state index in [1.165, 1.54) is 67.4 Å². The SMILES string of the molecule is CN1CCN(C(=O)C2CC[N+](C)(C)C2)CC1.CNCCn1cc(-c2ccc(-c3cnc(C(=O)Nc4ccc(C=O)c(Cl)c4)n3C)c(F)c2F)c(C)n1.COC=O.Fc1ccc(S)cc1. The number of imidazole rings is 1. The normalized spacial score (nSPS) is 15.4. The van der Waals surface area contributed by atoms with Crippen molar-refractivity contribution in [2.75, 3.05) is 86.4 Å². The van der Waals surface area contributed by atoms with Gasteiger partial charge in [0.05, 0.1) is 69.4 Å². The third kappa shape index (κ3) is 14.0. The minimum atomic E-state index is -1.05. The lowest BCUT2D eigenvalue weighted by atomic mass is 10.0. The third-order valence-corrected chi connectivity index (χ3v) is 11.3. The highest BCUT2D eigenvalue weighted by Gasteiger charge is 2.38. The molecular weight excluding hydrogens is 871 g/mol. The minimum absolute atomic E-state index is 0.0221. The van der Waals surface area contributed by atoms with Crippen molar-refractivity contribution >= 4 is 54.5 Å². The van der Waals surface area contributed by atoms with E-state index in [1.54, 1.807) is 29.9 Å². The Kier molecular flexibility index (Phi) is 19.1. The lowest BCUT2D eigenvalue weighted by molar-refractivity contribution is -0.878. The molecule has 2 aliphatic rings. The molecule has 0 saturated carbocycles. The molecule has 1 atom stereocenters. The molecule has 7 rings (SSSR count). The highest BCUT2D eigenvalue weighted by Crippen LogP contribution is 2.33. The van der Waals surface area contributed by atoms with E-state index in [0.29, 0.717) is 48.7 Å². The van der Waals surface area contributed by atoms with Crippen LogP contribution < -0.4 is 10.6 Å². The number of likely N-dealkylation sites (N-methyl/N-ethyl adjacent to an activating group) is 2. The Morgan fingerprint density at radius 1 is 0.969 bits per heavy atom. The number of hydrogen-bond donors (Lipinski definition) is 3. The van der Waals surface area contributed by atoms with Crippen molar-refractivity contribution in [3.05, 3.63) is 107 Å². The summed E-state index contributed by atoms with van der Waals surface area (Å²) < 4.78 is 50.4. The lowest BCUT2D eigenvalue weighted by Gasteiger charge is -2.34. The van der Waals surface area contributed by atoms with Gasteiger partial charge in [0.1, 0.15) is 5.82 Å². The molecule has 14 nitrogen and oxygen atoms in total. The van der Waals surface area contributed by atoms with Gasteiger partial charge in [-0.05, 0) is 69.6 Å². The van der Waals surface area contributed by atoms with Crippen LogP contribution in [0.4, 0.5) is 18.9 Å². The first-order valence-corrected chi connectivity index (χ1v) is 21.2. The first-order chi connectivity index (χ1) is 30.4. The predicted octanol–water partition coefficient (Wildman–Crippen LogP) is 6.24. The number of anilines is 1. The standard InChI is InChI=1S/C25H23ClF2N6O2.C12H24N3O.C6H5FS.C2H4O2/c1-14-19(12-34(32-14)9-8-29-2)17-6-7-18(23(28)22(17)27)21-11-30-24(33(21)3)25(36)31-16-5-4-15(13-35)20(26)10-16;1-13-5-7-14(8-6-13)12(16)11-4-9-15(2,3)10-11;7-5-1-3-6(8)4-2-5;1-4-2-3/h4-7,10-13,29H,8-9H2,1-3H3,(H,31,36);11H,4-10H2,1-3H3;1-4,8H;2H,1H3/q;+1;;. The average molecular weight is 928 g/mol. The molecule has 4 heterocycles. The number of benzene rings is 3. The summed E-state index contributed by atoms with van der Waals surface area (Å²) in [7, 11) is 11.2. The molecule has 344 valence electrons. The van der Waals surface area contributed by atoms with Crippen LogP contribution in [-0.4, -0.2) is 139 Å². The zero-order valence-electron chi connectivity index (χ0n) is 37.1. The van der Waals surface area contributed by atoms with Gasteiger partial charge in [-0.1, -0.05) is 17.7 Å². The van der Waals surface area contributed by atoms with Gasteiger partial charge in [-0.2, -0.15) is 5.10 Å². The molecule has 1 unspecified atom stereocenters. The fourth-order valence-corrected chi connectivity index (χ4v) is 7.42. The van der Waals surface area contributed by atoms with Gasteiger partial charge in [-0.15, -0.1) is 12.6 Å². The summed E-state index contributed by atoms with van der Waals surface area (Å²) in [6, 6.07) is 13.3. The second-order valence-corrected chi connectivity index (χ2v) is 16.8. The van der Waals surface area contributed by atoms with Crippen LogP contribution in [0.3, 0.4) is 0 Å². The Bertz CT molecular complexity index is 2350. The van der Waals surface area contributed by atoms with Crippen LogP contribution in [0.5, 0.6) is 0 Å². The fraction of sp³-hybridized carbons (Fsp3) is 0.378. The van der Waals surface area contributed by atoms with E-state index in [1.807, 2.05) is 7.05 Å². The van der Waals surface area contributed by atoms with Crippen molar-refractivity contribution in [2.45, 2.75) is 24.8 Å². The van der Waals surface area contributed by atoms with Crippen molar-refractivity contribution in [1.82, 2.24) is 34.4 Å². The number of likely N-dealkylation sites (tertiary alicyclic amines) is 1. The summed E-state index contributed by atoms with van der Waals surface area (Å²) in [6.45, 7) is 9.43. The maximum absolute atomic E-state index is 15.2. The highest BCUT2D eigenvalue weighted by molar-refractivity contribution is 7.80. The van der Waals surface area contributed by atoms with Crippen molar-refractivity contribution < 1.29 is 41.6 Å². The Hall–Kier alpha value is -5.53. The summed E-state index contributed by atoms with van der Waals surface area (Å²) >= 11 is 9.97. The van der Waals surface area contributed by atoms with Gasteiger partial charge < -0.3 is 34.2 Å². The second-order valence-electron chi connectivity index (χ2n) is 15.9. The average Bonchev–Trinajstić information content (AvgIpc) is 3.97. The number of carbonyl (C=O) groups is 4. The van der Waals surface area contributed by atoms with Gasteiger partial charge in [-0.3, -0.25) is 23.9 Å². The summed E-state index contributed by atoms with van der Waals surface area (Å²) in [5.74, 6) is -2.22. The Balaban J connectivity index is 0.000000260. The van der Waals surface area contributed by atoms with E-state index in [-0.39, 0.29) is 45.0 Å². The number of nitrogens with zero attached hydrogens (tertiary/aromatic N) is 7. The van der Waals surface area contributed by atoms with Crippen molar-refractivity contribution in [1.29, 1.82) is 0 Å². The Labute approximate surface area is 382 Å². The maximum atomic E-state index is 15.2. The smallest absolute Gasteiger partial charge is 0.292 e. The largest absolute Gasteiger partial charge is 0.471 e. The van der Waals surface area contributed by atoms with Gasteiger partial charge in [-0.25, -0.2) is 18.2 Å². The van der Waals surface area contributed by atoms with E-state index in [0.717, 1.165) is 55.1 Å². The number of ether oxygens (including phenoxy) is 1. The number of methoxy groups -OCH3 is 1. The molecule has 2 aromatic heterocycles. The lowest BCUT2D eigenvalue weighted by Crippen LogP contribution is -2.49. The van der Waals surface area contributed by atoms with Gasteiger partial charge in [0, 0.05) is 85.2 Å². The van der Waals surface area contributed by atoms with Gasteiger partial charge in [0.2, 0.25) is 5.91 Å². The summed E-state index contributed by atoms with van der Waals surface area (Å²) in [4.78, 5) is 54.2. The first-order valence-electron chi connectivity index (χ1n) is 20.4. The van der Waals surface area contributed by atoms with Crippen LogP contribution in [-0.2, 0) is 27.9 Å². The number of quaternary nitrogens is 1. The highest BCUT2D eigenvalue weighted by atomic mass is 35.5. The van der Waals surface area contributed by atoms with E-state index in [9.17, 15) is 18.8 Å². The third-order valence-electron chi connectivity index (χ3n) is 10.6. The van der Waals surface area contributed by atoms with Crippen LogP contribution in [0, 0.1) is 30.3 Å². The quantitative estimate of drug-likeness (QED) is 0.0844. The molecule has 2 aliphatic heterocycles. The molecule has 0 bridgehead atoms. The number of thiol groups is 1. The second kappa shape index (κ2) is 24.0. The van der Waals surface area contributed by atoms with Crippen LogP contribution in [0.25, 0.3) is 22.4 Å². The maximum Gasteiger partial charge on any atom is 0.292 e. The van der Waals surface area contributed by atoms with Crippen LogP contribution in [0.1, 0.15) is 33.1 Å². The van der Waals surface area contributed by atoms with Crippen molar-refractivity contribution in [3.8, 4) is 22.4 Å². The van der Waals surface area contributed by atoms with E-state index < -0.39 is 17.5 Å². The summed E-state index contributed by atoms with van der Waals surface area (Å²) in [5.41, 5.74) is 2.00. The molecular formula is C45H56ClF3N9O5S+. The molecule has 0 spiro atoms. The van der Waals surface area contributed by atoms with Crippen molar-refractivity contribution in [2.24, 2.45) is 13.0 Å². The number of aromatic nitrogens is 4. The van der Waals surface area contributed by atoms with E-state index >= 15 is 8.78 Å². The number of hydrogen-bond acceptors (Lipinski definition) is 10. The predicted molar refractivity (Wildman–Crippen MR) is 244 cm³/mol. The molecule has 5 aromatic rings. The molecule has 19 heteroatoms. The number of piperazine rings is 1. The van der Waals surface area contributed by atoms with E-state index in [2.05, 4.69) is 69.0 Å². The van der Waals surface area contributed by atoms with Crippen LogP contribution in [0.2, 0.25) is 5.02 Å². The zero-order chi connectivity index (χ0) is 47.1. The van der Waals surface area contributed by atoms with Crippen molar-refractivity contribution in [3.63, 3.8) is 0 Å². The number of nitrogens with one attached hydrogen (secondary N) is 2. The van der Waals surface area contributed by atoms with Gasteiger partial charge in [0.15, 0.2) is 23.7 Å². The number of aryl methyl sites for hydroxylation is 1. The molecule has 2 amide bonds. The molecule has 2 saturated heterocycles. The number of rotatable bonds is 10. The fourth-order valence-electron chi connectivity index (χ4n) is 7.05. The van der Waals surface area contributed by atoms with Gasteiger partial charge >= 0.3 is 0 Å². The molecule has 2 N–H and O–H groups in total. The minimum Gasteiger partial charge on any atom is -0.471 e. The Morgan fingerprint density at radius 3 is 2.17 bits per heavy atom. The number of amides is 2. The molecule has 0 aliphatic carbocycles. The van der Waals surface area contributed by atoms with Crippen LogP contribution >= 0.6 is 24.2 Å². The van der Waals surface area contributed by atoms with Gasteiger partial charge in [0.25, 0.3) is 12.4 Å². The number of aldehydes is 1. The molecule has 0 radical (unpaired) electrons. The zero-order valence-corrected chi connectivity index (χ0v) is 38.7. The number of carbonyl (C=O) groups excluding carboxylic acids is 4. The molecule has 64 heavy (non-hydrogen) atoms. The summed E-state index contributed by atoms with van der Waals surface area (Å²) in [6.07, 6.45) is 4.66. The first kappa shape index (κ1) is 51.1. The monoisotopic (exact) mass is 926 g/mol. The number of halogens is 4. The summed E-state index contributed by atoms with van der Waals surface area (Å²) in [5, 5.41) is 10.2. The topological polar surface area (TPSA) is 144 Å². The molecule has 3 aromatic carbocycles. The molecule has 2 fully saturated rings. The van der Waals surface area contributed by atoms with Crippen LogP contribution in [0.15, 0.2) is 71.9 Å². The van der Waals surface area contributed by atoms with E-state index in [4.69, 9.17) is 16.4 Å².